The fourth-order valence-electron chi connectivity index (χ4n) is 1.82. The van der Waals surface area contributed by atoms with Gasteiger partial charge in [0, 0.05) is 11.3 Å². The van der Waals surface area contributed by atoms with Crippen molar-refractivity contribution >= 4 is 17.4 Å². The zero-order valence-electron chi connectivity index (χ0n) is 12.0. The Hall–Kier alpha value is -3.13. The van der Waals surface area contributed by atoms with Crippen LogP contribution in [0.4, 0.5) is 5.69 Å². The molecule has 0 saturated heterocycles. The van der Waals surface area contributed by atoms with Gasteiger partial charge < -0.3 is 10.1 Å². The average molecular weight is 294 g/mol. The van der Waals surface area contributed by atoms with E-state index < -0.39 is 0 Å². The molecular weight excluding hydrogens is 280 g/mol. The maximum atomic E-state index is 11.8. The van der Waals surface area contributed by atoms with E-state index in [2.05, 4.69) is 5.32 Å². The molecule has 1 N–H and O–H groups in total. The highest BCUT2D eigenvalue weighted by molar-refractivity contribution is 5.94. The minimum absolute atomic E-state index is 0.0665. The minimum atomic E-state index is -0.344. The van der Waals surface area contributed by atoms with Crippen LogP contribution in [0.3, 0.4) is 0 Å². The van der Waals surface area contributed by atoms with Crippen LogP contribution in [0.1, 0.15) is 22.8 Å². The molecule has 22 heavy (non-hydrogen) atoms. The summed E-state index contributed by atoms with van der Waals surface area (Å²) in [6, 6.07) is 15.2. The topological polar surface area (TPSA) is 79.2 Å². The van der Waals surface area contributed by atoms with Gasteiger partial charge in [-0.2, -0.15) is 5.26 Å². The predicted octanol–water partition coefficient (Wildman–Crippen LogP) is 2.78. The van der Waals surface area contributed by atoms with Gasteiger partial charge in [0.25, 0.3) is 5.91 Å². The Kier molecular flexibility index (Phi) is 4.89. The molecule has 0 radical (unpaired) electrons. The number of carbonyl (C=O) groups excluding carboxylic acids is 2. The Labute approximate surface area is 128 Å². The molecule has 0 bridgehead atoms. The van der Waals surface area contributed by atoms with Gasteiger partial charge in [-0.25, -0.2) is 0 Å². The number of hydrogen-bond acceptors (Lipinski definition) is 4. The molecule has 0 aliphatic carbocycles. The van der Waals surface area contributed by atoms with E-state index in [1.165, 1.54) is 6.92 Å². The van der Waals surface area contributed by atoms with Crippen molar-refractivity contribution in [1.29, 1.82) is 5.26 Å². The van der Waals surface area contributed by atoms with Crippen molar-refractivity contribution in [2.24, 2.45) is 0 Å². The lowest BCUT2D eigenvalue weighted by atomic mass is 10.1. The molecule has 0 atom stereocenters. The number of ether oxygens (including phenoxy) is 1. The van der Waals surface area contributed by atoms with Crippen LogP contribution in [-0.4, -0.2) is 18.3 Å². The standard InChI is InChI=1S/C17H14N2O3/c1-12(20)14-5-3-7-16(9-14)22-11-17(21)19-15-6-2-4-13(8-15)10-18/h2-9H,11H2,1H3,(H,19,21). The van der Waals surface area contributed by atoms with Crippen molar-refractivity contribution in [3.63, 3.8) is 0 Å². The summed E-state index contributed by atoms with van der Waals surface area (Å²) in [4.78, 5) is 23.1. The third-order valence-electron chi connectivity index (χ3n) is 2.89. The van der Waals surface area contributed by atoms with Crippen molar-refractivity contribution in [2.45, 2.75) is 6.92 Å². The molecule has 5 nitrogen and oxygen atoms in total. The Morgan fingerprint density at radius 1 is 1.18 bits per heavy atom. The summed E-state index contributed by atoms with van der Waals surface area (Å²) in [5, 5.41) is 11.4. The first-order chi connectivity index (χ1) is 10.6. The molecule has 0 fully saturated rings. The third kappa shape index (κ3) is 4.18. The van der Waals surface area contributed by atoms with E-state index in [4.69, 9.17) is 10.00 Å². The molecule has 0 spiro atoms. The Balaban J connectivity index is 1.94. The molecule has 0 unspecified atom stereocenters. The highest BCUT2D eigenvalue weighted by atomic mass is 16.5. The van der Waals surface area contributed by atoms with Crippen LogP contribution >= 0.6 is 0 Å². The lowest BCUT2D eigenvalue weighted by Gasteiger charge is -2.08. The SMILES string of the molecule is CC(=O)c1cccc(OCC(=O)Nc2cccc(C#N)c2)c1. The zero-order chi connectivity index (χ0) is 15.9. The van der Waals surface area contributed by atoms with Crippen molar-refractivity contribution in [3.8, 4) is 11.8 Å². The van der Waals surface area contributed by atoms with Gasteiger partial charge in [-0.3, -0.25) is 9.59 Å². The number of ketones is 1. The molecule has 0 aliphatic rings. The number of nitriles is 1. The van der Waals surface area contributed by atoms with Gasteiger partial charge >= 0.3 is 0 Å². The Bertz CT molecular complexity index is 748. The second-order valence-corrected chi connectivity index (χ2v) is 4.61. The number of amides is 1. The molecule has 0 aliphatic heterocycles. The summed E-state index contributed by atoms with van der Waals surface area (Å²) >= 11 is 0. The molecule has 0 saturated carbocycles. The smallest absolute Gasteiger partial charge is 0.262 e. The fourth-order valence-corrected chi connectivity index (χ4v) is 1.82. The van der Waals surface area contributed by atoms with E-state index in [9.17, 15) is 9.59 Å². The van der Waals surface area contributed by atoms with Crippen LogP contribution in [-0.2, 0) is 4.79 Å². The molecule has 110 valence electrons. The summed E-state index contributed by atoms with van der Waals surface area (Å²) in [5.74, 6) is 0.0418. The highest BCUT2D eigenvalue weighted by Crippen LogP contribution is 2.14. The van der Waals surface area contributed by atoms with Crippen molar-refractivity contribution < 1.29 is 14.3 Å². The first-order valence-electron chi connectivity index (χ1n) is 6.62. The van der Waals surface area contributed by atoms with E-state index in [1.54, 1.807) is 48.5 Å². The lowest BCUT2D eigenvalue weighted by Crippen LogP contribution is -2.20. The second kappa shape index (κ2) is 7.04. The van der Waals surface area contributed by atoms with Crippen LogP contribution in [0.15, 0.2) is 48.5 Å². The van der Waals surface area contributed by atoms with Crippen LogP contribution in [0.5, 0.6) is 5.75 Å². The number of carbonyl (C=O) groups is 2. The van der Waals surface area contributed by atoms with Crippen LogP contribution in [0, 0.1) is 11.3 Å². The summed E-state index contributed by atoms with van der Waals surface area (Å²) in [6.45, 7) is 1.28. The summed E-state index contributed by atoms with van der Waals surface area (Å²) in [7, 11) is 0. The molecule has 2 aromatic carbocycles. The second-order valence-electron chi connectivity index (χ2n) is 4.61. The molecule has 2 aromatic rings. The first-order valence-corrected chi connectivity index (χ1v) is 6.62. The van der Waals surface area contributed by atoms with Crippen LogP contribution < -0.4 is 10.1 Å². The normalized spacial score (nSPS) is 9.64. The van der Waals surface area contributed by atoms with Gasteiger partial charge in [0.15, 0.2) is 12.4 Å². The van der Waals surface area contributed by atoms with Crippen molar-refractivity contribution in [3.05, 3.63) is 59.7 Å². The molecule has 0 aromatic heterocycles. The number of hydrogen-bond donors (Lipinski definition) is 1. The third-order valence-corrected chi connectivity index (χ3v) is 2.89. The lowest BCUT2D eigenvalue weighted by molar-refractivity contribution is -0.118. The van der Waals surface area contributed by atoms with Gasteiger partial charge in [0.05, 0.1) is 11.6 Å². The predicted molar refractivity (Wildman–Crippen MR) is 81.7 cm³/mol. The molecule has 1 amide bonds. The van der Waals surface area contributed by atoms with Crippen LogP contribution in [0.25, 0.3) is 0 Å². The Morgan fingerprint density at radius 2 is 1.95 bits per heavy atom. The van der Waals surface area contributed by atoms with Gasteiger partial charge in [0.2, 0.25) is 0 Å². The van der Waals surface area contributed by atoms with E-state index in [0.29, 0.717) is 22.6 Å². The van der Waals surface area contributed by atoms with Crippen molar-refractivity contribution in [1.82, 2.24) is 0 Å². The molecular formula is C17H14N2O3. The zero-order valence-corrected chi connectivity index (χ0v) is 12.0. The average Bonchev–Trinajstić information content (AvgIpc) is 2.53. The van der Waals surface area contributed by atoms with Gasteiger partial charge in [-0.1, -0.05) is 18.2 Å². The maximum Gasteiger partial charge on any atom is 0.262 e. The number of Topliss-reactive ketones (excluding diaryl/α,β-unsaturated/α-hetero) is 1. The van der Waals surface area contributed by atoms with E-state index in [-0.39, 0.29) is 18.3 Å². The monoisotopic (exact) mass is 294 g/mol. The number of anilines is 1. The number of nitrogens with zero attached hydrogens (tertiary/aromatic N) is 1. The summed E-state index contributed by atoms with van der Waals surface area (Å²) < 4.78 is 5.36. The highest BCUT2D eigenvalue weighted by Gasteiger charge is 2.06. The Morgan fingerprint density at radius 3 is 2.68 bits per heavy atom. The fraction of sp³-hybridized carbons (Fsp3) is 0.118. The van der Waals surface area contributed by atoms with Gasteiger partial charge in [0.1, 0.15) is 5.75 Å². The number of rotatable bonds is 5. The number of nitrogens with one attached hydrogen (secondary N) is 1. The van der Waals surface area contributed by atoms with E-state index in [1.807, 2.05) is 6.07 Å². The molecule has 5 heteroatoms. The van der Waals surface area contributed by atoms with Gasteiger partial charge in [-0.05, 0) is 37.3 Å². The molecule has 2 rings (SSSR count). The first kappa shape index (κ1) is 15.3. The number of benzene rings is 2. The summed E-state index contributed by atoms with van der Waals surface area (Å²) in [5.41, 5.74) is 1.53. The van der Waals surface area contributed by atoms with Gasteiger partial charge in [-0.15, -0.1) is 0 Å². The largest absolute Gasteiger partial charge is 0.484 e. The maximum absolute atomic E-state index is 11.8. The van der Waals surface area contributed by atoms with Crippen LogP contribution in [0.2, 0.25) is 0 Å². The van der Waals surface area contributed by atoms with E-state index in [0.717, 1.165) is 0 Å². The minimum Gasteiger partial charge on any atom is -0.484 e. The summed E-state index contributed by atoms with van der Waals surface area (Å²) in [6.07, 6.45) is 0. The quantitative estimate of drug-likeness (QED) is 0.860. The van der Waals surface area contributed by atoms with E-state index >= 15 is 0 Å². The van der Waals surface area contributed by atoms with Crippen molar-refractivity contribution in [2.75, 3.05) is 11.9 Å². The molecule has 0 heterocycles.